The fraction of sp³-hybridized carbons (Fsp3) is 0.355. The van der Waals surface area contributed by atoms with Gasteiger partial charge in [0.1, 0.15) is 24.7 Å². The number of hydrogen-bond acceptors (Lipinski definition) is 8. The molecule has 3 aromatic carbocycles. The fourth-order valence-corrected chi connectivity index (χ4v) is 3.45. The van der Waals surface area contributed by atoms with E-state index in [0.717, 1.165) is 23.2 Å². The molecule has 0 radical (unpaired) electrons. The highest BCUT2D eigenvalue weighted by molar-refractivity contribution is 5.91. The summed E-state index contributed by atoms with van der Waals surface area (Å²) in [5.41, 5.74) is 3.59. The van der Waals surface area contributed by atoms with Gasteiger partial charge in [0.05, 0.1) is 37.9 Å². The zero-order valence-corrected chi connectivity index (χ0v) is 22.8. The van der Waals surface area contributed by atoms with Crippen LogP contribution in [0.3, 0.4) is 0 Å². The average molecular weight is 536 g/mol. The van der Waals surface area contributed by atoms with Crippen LogP contribution in [0.5, 0.6) is 11.5 Å². The van der Waals surface area contributed by atoms with Crippen LogP contribution in [0, 0.1) is 5.92 Å². The van der Waals surface area contributed by atoms with E-state index in [2.05, 4.69) is 5.32 Å². The minimum absolute atomic E-state index is 0.0882. The molecule has 0 amide bonds. The van der Waals surface area contributed by atoms with Gasteiger partial charge in [-0.15, -0.1) is 0 Å². The summed E-state index contributed by atoms with van der Waals surface area (Å²) in [6, 6.07) is 22.3. The van der Waals surface area contributed by atoms with Crippen LogP contribution in [0.1, 0.15) is 30.6 Å². The van der Waals surface area contributed by atoms with Gasteiger partial charge < -0.3 is 29.0 Å². The molecule has 1 N–H and O–H groups in total. The molecule has 0 heterocycles. The first-order valence-corrected chi connectivity index (χ1v) is 13.2. The van der Waals surface area contributed by atoms with Gasteiger partial charge in [-0.3, -0.25) is 4.79 Å². The molecule has 3 aromatic rings. The molecular formula is C31H37NO7. The Kier molecular flexibility index (Phi) is 12.3. The Bertz CT molecular complexity index is 1150. The van der Waals surface area contributed by atoms with E-state index in [1.165, 1.54) is 0 Å². The van der Waals surface area contributed by atoms with Gasteiger partial charge in [0.15, 0.2) is 0 Å². The van der Waals surface area contributed by atoms with E-state index in [0.29, 0.717) is 50.1 Å². The number of rotatable bonds is 16. The van der Waals surface area contributed by atoms with Crippen LogP contribution < -0.4 is 14.8 Å². The Morgan fingerprint density at radius 1 is 0.718 bits per heavy atom. The lowest BCUT2D eigenvalue weighted by Crippen LogP contribution is -2.18. The number of ether oxygens (including phenoxy) is 5. The molecule has 8 nitrogen and oxygen atoms in total. The molecule has 208 valence electrons. The Hall–Kier alpha value is -3.88. The van der Waals surface area contributed by atoms with Gasteiger partial charge in [0.25, 0.3) is 0 Å². The van der Waals surface area contributed by atoms with Crippen LogP contribution >= 0.6 is 0 Å². The smallest absolute Gasteiger partial charge is 0.343 e. The SMILES string of the molecule is CCC(C)C(=O)OCCOCCOCCOc1ccc(C(=O)Oc2ccc(-c3ccc(NC)cc3)cc2)cc1. The van der Waals surface area contributed by atoms with Crippen LogP contribution in [0.25, 0.3) is 11.1 Å². The van der Waals surface area contributed by atoms with Crippen LogP contribution in [0.15, 0.2) is 72.8 Å². The molecule has 0 saturated carbocycles. The summed E-state index contributed by atoms with van der Waals surface area (Å²) >= 11 is 0. The number of anilines is 1. The van der Waals surface area contributed by atoms with Crippen molar-refractivity contribution in [2.45, 2.75) is 20.3 Å². The summed E-state index contributed by atoms with van der Waals surface area (Å²) in [7, 11) is 1.88. The maximum atomic E-state index is 12.5. The van der Waals surface area contributed by atoms with Crippen LogP contribution in [0.4, 0.5) is 5.69 Å². The maximum absolute atomic E-state index is 12.5. The second kappa shape index (κ2) is 16.2. The number of carbonyl (C=O) groups is 2. The van der Waals surface area contributed by atoms with E-state index in [1.807, 2.05) is 57.3 Å². The van der Waals surface area contributed by atoms with Crippen molar-refractivity contribution in [2.75, 3.05) is 52.0 Å². The molecule has 0 bridgehead atoms. The third kappa shape index (κ3) is 10.1. The number of carbonyl (C=O) groups excluding carboxylic acids is 2. The zero-order valence-electron chi connectivity index (χ0n) is 22.8. The quantitative estimate of drug-likeness (QED) is 0.144. The number of esters is 2. The molecule has 3 rings (SSSR count). The highest BCUT2D eigenvalue weighted by Gasteiger charge is 2.11. The first-order valence-electron chi connectivity index (χ1n) is 13.2. The van der Waals surface area contributed by atoms with Crippen molar-refractivity contribution in [1.29, 1.82) is 0 Å². The largest absolute Gasteiger partial charge is 0.491 e. The van der Waals surface area contributed by atoms with E-state index >= 15 is 0 Å². The van der Waals surface area contributed by atoms with E-state index in [-0.39, 0.29) is 18.5 Å². The Labute approximate surface area is 230 Å². The molecule has 0 fully saturated rings. The molecule has 39 heavy (non-hydrogen) atoms. The van der Waals surface area contributed by atoms with E-state index < -0.39 is 5.97 Å². The summed E-state index contributed by atoms with van der Waals surface area (Å²) in [6.07, 6.45) is 0.760. The Balaban J connectivity index is 1.30. The number of benzene rings is 3. The lowest BCUT2D eigenvalue weighted by Gasteiger charge is -2.10. The normalized spacial score (nSPS) is 11.5. The molecular weight excluding hydrogens is 498 g/mol. The predicted molar refractivity (Wildman–Crippen MR) is 150 cm³/mol. The number of hydrogen-bond donors (Lipinski definition) is 1. The molecule has 0 spiro atoms. The third-order valence-corrected chi connectivity index (χ3v) is 6.02. The molecule has 8 heteroatoms. The topological polar surface area (TPSA) is 92.3 Å². The van der Waals surface area contributed by atoms with Crippen molar-refractivity contribution < 1.29 is 33.3 Å². The summed E-state index contributed by atoms with van der Waals surface area (Å²) < 4.78 is 27.1. The van der Waals surface area contributed by atoms with Crippen molar-refractivity contribution in [2.24, 2.45) is 5.92 Å². The first kappa shape index (κ1) is 29.7. The standard InChI is InChI=1S/C31H37NO7/c1-4-23(2)30(33)38-22-20-36-18-17-35-19-21-37-28-13-9-26(10-14-28)31(34)39-29-15-7-25(8-16-29)24-5-11-27(32-3)12-6-24/h5-16,23,32H,4,17-22H2,1-3H3. The summed E-state index contributed by atoms with van der Waals surface area (Å²) in [5, 5.41) is 3.10. The molecule has 0 aromatic heterocycles. The summed E-state index contributed by atoms with van der Waals surface area (Å²) in [4.78, 5) is 24.1. The van der Waals surface area contributed by atoms with Gasteiger partial charge in [0.2, 0.25) is 0 Å². The second-order valence-corrected chi connectivity index (χ2v) is 8.82. The molecule has 0 aliphatic carbocycles. The van der Waals surface area contributed by atoms with Gasteiger partial charge in [-0.05, 0) is 66.1 Å². The minimum Gasteiger partial charge on any atom is -0.491 e. The highest BCUT2D eigenvalue weighted by atomic mass is 16.6. The molecule has 0 aliphatic heterocycles. The van der Waals surface area contributed by atoms with E-state index in [4.69, 9.17) is 23.7 Å². The van der Waals surface area contributed by atoms with Gasteiger partial charge in [-0.2, -0.15) is 0 Å². The summed E-state index contributed by atoms with van der Waals surface area (Å²) in [6.45, 7) is 5.95. The van der Waals surface area contributed by atoms with Crippen molar-refractivity contribution >= 4 is 17.6 Å². The Morgan fingerprint density at radius 3 is 1.85 bits per heavy atom. The molecule has 1 atom stereocenters. The lowest BCUT2D eigenvalue weighted by atomic mass is 10.1. The van der Waals surface area contributed by atoms with Crippen molar-refractivity contribution in [3.05, 3.63) is 78.4 Å². The monoisotopic (exact) mass is 535 g/mol. The van der Waals surface area contributed by atoms with Gasteiger partial charge >= 0.3 is 11.9 Å². The predicted octanol–water partition coefficient (Wildman–Crippen LogP) is 5.62. The molecule has 0 aliphatic rings. The molecule has 1 unspecified atom stereocenters. The van der Waals surface area contributed by atoms with Crippen LogP contribution in [-0.2, 0) is 19.0 Å². The maximum Gasteiger partial charge on any atom is 0.343 e. The highest BCUT2D eigenvalue weighted by Crippen LogP contribution is 2.24. The Morgan fingerprint density at radius 2 is 1.26 bits per heavy atom. The van der Waals surface area contributed by atoms with Gasteiger partial charge in [-0.25, -0.2) is 4.79 Å². The van der Waals surface area contributed by atoms with Gasteiger partial charge in [0, 0.05) is 12.7 Å². The van der Waals surface area contributed by atoms with Crippen molar-refractivity contribution in [1.82, 2.24) is 0 Å². The lowest BCUT2D eigenvalue weighted by molar-refractivity contribution is -0.149. The van der Waals surface area contributed by atoms with Crippen molar-refractivity contribution in [3.8, 4) is 22.6 Å². The summed E-state index contributed by atoms with van der Waals surface area (Å²) in [5.74, 6) is 0.379. The zero-order chi connectivity index (χ0) is 27.9. The minimum atomic E-state index is -0.439. The van der Waals surface area contributed by atoms with Crippen LogP contribution in [0.2, 0.25) is 0 Å². The second-order valence-electron chi connectivity index (χ2n) is 8.82. The molecule has 0 saturated heterocycles. The van der Waals surface area contributed by atoms with Gasteiger partial charge in [-0.1, -0.05) is 38.1 Å². The third-order valence-electron chi connectivity index (χ3n) is 6.02. The van der Waals surface area contributed by atoms with E-state index in [1.54, 1.807) is 36.4 Å². The van der Waals surface area contributed by atoms with Crippen molar-refractivity contribution in [3.63, 3.8) is 0 Å². The first-order chi connectivity index (χ1) is 19.0. The fourth-order valence-electron chi connectivity index (χ4n) is 3.45. The average Bonchev–Trinajstić information content (AvgIpc) is 2.98. The van der Waals surface area contributed by atoms with Crippen LogP contribution in [-0.4, -0.2) is 58.6 Å². The number of nitrogens with one attached hydrogen (secondary N) is 1. The van der Waals surface area contributed by atoms with E-state index in [9.17, 15) is 9.59 Å².